The fourth-order valence-electron chi connectivity index (χ4n) is 2.65. The minimum absolute atomic E-state index is 0.155. The van der Waals surface area contributed by atoms with Crippen LogP contribution in [-0.2, 0) is 4.79 Å². The average molecular weight is 366 g/mol. The molecule has 2 aromatic carbocycles. The van der Waals surface area contributed by atoms with Crippen LogP contribution in [0.5, 0.6) is 11.5 Å². The van der Waals surface area contributed by atoms with E-state index in [1.165, 1.54) is 0 Å². The molecule has 0 saturated carbocycles. The van der Waals surface area contributed by atoms with Gasteiger partial charge >= 0.3 is 6.03 Å². The van der Waals surface area contributed by atoms with Gasteiger partial charge in [-0.2, -0.15) is 11.3 Å². The van der Waals surface area contributed by atoms with Crippen molar-refractivity contribution in [1.29, 1.82) is 0 Å². The maximum atomic E-state index is 12.6. The lowest BCUT2D eigenvalue weighted by atomic mass is 10.1. The van der Waals surface area contributed by atoms with Gasteiger partial charge in [0.2, 0.25) is 13.2 Å². The maximum absolute atomic E-state index is 12.6. The molecule has 6 nitrogen and oxygen atoms in total. The quantitative estimate of drug-likeness (QED) is 0.698. The lowest BCUT2D eigenvalue weighted by Crippen LogP contribution is -2.33. The number of anilines is 2. The minimum Gasteiger partial charge on any atom is -0.454 e. The fraction of sp³-hybridized carbons (Fsp3) is 0.0526. The Balaban J connectivity index is 1.56. The van der Waals surface area contributed by atoms with Gasteiger partial charge in [0.15, 0.2) is 11.5 Å². The highest BCUT2D eigenvalue weighted by atomic mass is 32.1. The van der Waals surface area contributed by atoms with Gasteiger partial charge in [0.1, 0.15) is 0 Å². The van der Waals surface area contributed by atoms with Crippen LogP contribution in [0.15, 0.2) is 59.3 Å². The van der Waals surface area contributed by atoms with Crippen molar-refractivity contribution in [2.24, 2.45) is 0 Å². The van der Waals surface area contributed by atoms with E-state index in [2.05, 4.69) is 5.32 Å². The van der Waals surface area contributed by atoms with Crippen LogP contribution in [0.25, 0.3) is 11.1 Å². The van der Waals surface area contributed by atoms with E-state index in [9.17, 15) is 9.59 Å². The van der Waals surface area contributed by atoms with Crippen molar-refractivity contribution in [1.82, 2.24) is 0 Å². The molecule has 0 bridgehead atoms. The van der Waals surface area contributed by atoms with Crippen molar-refractivity contribution in [3.8, 4) is 22.6 Å². The smallest absolute Gasteiger partial charge is 0.332 e. The van der Waals surface area contributed by atoms with Crippen LogP contribution in [0.4, 0.5) is 16.2 Å². The van der Waals surface area contributed by atoms with E-state index in [0.29, 0.717) is 29.3 Å². The molecule has 3 amide bonds. The molecule has 0 unspecified atom stereocenters. The van der Waals surface area contributed by atoms with Crippen molar-refractivity contribution < 1.29 is 19.1 Å². The first kappa shape index (κ1) is 16.2. The van der Waals surface area contributed by atoms with E-state index in [-0.39, 0.29) is 6.79 Å². The highest BCUT2D eigenvalue weighted by Crippen LogP contribution is 2.34. The summed E-state index contributed by atoms with van der Waals surface area (Å²) < 4.78 is 10.5. The van der Waals surface area contributed by atoms with E-state index >= 15 is 0 Å². The predicted molar refractivity (Wildman–Crippen MR) is 99.9 cm³/mol. The van der Waals surface area contributed by atoms with Gasteiger partial charge < -0.3 is 14.8 Å². The average Bonchev–Trinajstić information content (AvgIpc) is 3.34. The number of carbonyl (C=O) groups excluding carboxylic acids is 2. The zero-order valence-corrected chi connectivity index (χ0v) is 14.4. The number of hydrogen-bond donors (Lipinski definition) is 1. The highest BCUT2D eigenvalue weighted by Gasteiger charge is 2.18. The number of benzene rings is 2. The van der Waals surface area contributed by atoms with Gasteiger partial charge in [-0.25, -0.2) is 9.69 Å². The van der Waals surface area contributed by atoms with Gasteiger partial charge in [-0.15, -0.1) is 0 Å². The number of nitrogens with zero attached hydrogens (tertiary/aromatic N) is 1. The third-order valence-electron chi connectivity index (χ3n) is 3.93. The van der Waals surface area contributed by atoms with Gasteiger partial charge in [-0.05, 0) is 52.2 Å². The van der Waals surface area contributed by atoms with Crippen LogP contribution < -0.4 is 19.7 Å². The Labute approximate surface area is 153 Å². The molecule has 7 heteroatoms. The number of imide groups is 1. The van der Waals surface area contributed by atoms with Crippen molar-refractivity contribution in [3.05, 3.63) is 59.3 Å². The van der Waals surface area contributed by atoms with Crippen molar-refractivity contribution in [2.45, 2.75) is 0 Å². The molecule has 0 aliphatic carbocycles. The monoisotopic (exact) mass is 366 g/mol. The van der Waals surface area contributed by atoms with E-state index in [0.717, 1.165) is 16.0 Å². The largest absolute Gasteiger partial charge is 0.454 e. The minimum atomic E-state index is -0.554. The Bertz CT molecular complexity index is 956. The molecule has 0 radical (unpaired) electrons. The van der Waals surface area contributed by atoms with Gasteiger partial charge in [-0.3, -0.25) is 4.79 Å². The molecule has 1 N–H and O–H groups in total. The van der Waals surface area contributed by atoms with E-state index in [1.54, 1.807) is 41.7 Å². The molecule has 130 valence electrons. The summed E-state index contributed by atoms with van der Waals surface area (Å²) in [5.74, 6) is 1.18. The fourth-order valence-corrected chi connectivity index (χ4v) is 3.31. The summed E-state index contributed by atoms with van der Waals surface area (Å²) in [7, 11) is 0. The number of fused-ring (bicyclic) bond motifs is 1. The first-order valence-electron chi connectivity index (χ1n) is 7.82. The summed E-state index contributed by atoms with van der Waals surface area (Å²) in [5, 5.41) is 6.69. The Hall–Kier alpha value is -3.32. The molecular weight excluding hydrogens is 352 g/mol. The molecule has 0 saturated heterocycles. The third-order valence-corrected chi connectivity index (χ3v) is 4.61. The molecule has 0 atom stereocenters. The summed E-state index contributed by atoms with van der Waals surface area (Å²) in [6, 6.07) is 13.8. The van der Waals surface area contributed by atoms with Crippen LogP contribution in [-0.4, -0.2) is 19.2 Å². The Morgan fingerprint density at radius 2 is 1.96 bits per heavy atom. The molecule has 4 rings (SSSR count). The molecule has 0 spiro atoms. The van der Waals surface area contributed by atoms with Gasteiger partial charge in [0.05, 0.1) is 5.69 Å². The van der Waals surface area contributed by atoms with Crippen molar-refractivity contribution in [3.63, 3.8) is 0 Å². The molecular formula is C19H14N2O4S. The Morgan fingerprint density at radius 3 is 2.77 bits per heavy atom. The SMILES string of the molecule is O=CN(C(=O)Nc1ccc2c(c1)OCO2)c1cccc(-c2ccsc2)c1. The molecule has 2 heterocycles. The lowest BCUT2D eigenvalue weighted by molar-refractivity contribution is -0.106. The number of amides is 3. The van der Waals surface area contributed by atoms with Crippen molar-refractivity contribution >= 4 is 35.2 Å². The highest BCUT2D eigenvalue weighted by molar-refractivity contribution is 7.08. The lowest BCUT2D eigenvalue weighted by Gasteiger charge is -2.17. The van der Waals surface area contributed by atoms with E-state index in [1.807, 2.05) is 29.0 Å². The van der Waals surface area contributed by atoms with Crippen molar-refractivity contribution in [2.75, 3.05) is 17.0 Å². The zero-order chi connectivity index (χ0) is 17.9. The van der Waals surface area contributed by atoms with Crippen LogP contribution in [0, 0.1) is 0 Å². The second-order valence-electron chi connectivity index (χ2n) is 5.54. The van der Waals surface area contributed by atoms with Gasteiger partial charge in [-0.1, -0.05) is 12.1 Å². The number of ether oxygens (including phenoxy) is 2. The summed E-state index contributed by atoms with van der Waals surface area (Å²) in [4.78, 5) is 25.1. The van der Waals surface area contributed by atoms with Crippen LogP contribution >= 0.6 is 11.3 Å². The molecule has 3 aromatic rings. The third kappa shape index (κ3) is 3.12. The molecule has 1 aliphatic heterocycles. The second-order valence-corrected chi connectivity index (χ2v) is 6.32. The summed E-state index contributed by atoms with van der Waals surface area (Å²) >= 11 is 1.59. The normalized spacial score (nSPS) is 11.8. The van der Waals surface area contributed by atoms with E-state index < -0.39 is 6.03 Å². The van der Waals surface area contributed by atoms with Crippen LogP contribution in [0.1, 0.15) is 0 Å². The number of nitrogens with one attached hydrogen (secondary N) is 1. The second kappa shape index (κ2) is 6.89. The number of rotatable bonds is 4. The topological polar surface area (TPSA) is 67.9 Å². The Kier molecular flexibility index (Phi) is 4.28. The number of thiophene rings is 1. The van der Waals surface area contributed by atoms with Crippen LogP contribution in [0.2, 0.25) is 0 Å². The summed E-state index contributed by atoms with van der Waals surface area (Å²) in [6.07, 6.45) is 0.495. The molecule has 1 aliphatic rings. The molecule has 0 fully saturated rings. The molecule has 1 aromatic heterocycles. The summed E-state index contributed by atoms with van der Waals surface area (Å²) in [5.41, 5.74) is 2.98. The maximum Gasteiger partial charge on any atom is 0.332 e. The van der Waals surface area contributed by atoms with Gasteiger partial charge in [0.25, 0.3) is 0 Å². The van der Waals surface area contributed by atoms with E-state index in [4.69, 9.17) is 9.47 Å². The number of hydrogen-bond acceptors (Lipinski definition) is 5. The summed E-state index contributed by atoms with van der Waals surface area (Å²) in [6.45, 7) is 0.155. The first-order valence-corrected chi connectivity index (χ1v) is 8.77. The molecule has 26 heavy (non-hydrogen) atoms. The van der Waals surface area contributed by atoms with Gasteiger partial charge in [0, 0.05) is 11.8 Å². The number of urea groups is 1. The van der Waals surface area contributed by atoms with Crippen LogP contribution in [0.3, 0.4) is 0 Å². The Morgan fingerprint density at radius 1 is 1.08 bits per heavy atom. The first-order chi connectivity index (χ1) is 12.7. The standard InChI is InChI=1S/C19H14N2O4S/c22-11-21(16-3-1-2-13(8-16)14-6-7-26-10-14)19(23)20-15-4-5-17-18(9-15)25-12-24-17/h1-11H,12H2,(H,20,23). The number of carbonyl (C=O) groups is 2. The zero-order valence-electron chi connectivity index (χ0n) is 13.5. The predicted octanol–water partition coefficient (Wildman–Crippen LogP) is 4.34.